The Morgan fingerprint density at radius 2 is 1.12 bits per heavy atom. The molecule has 5 aromatic carbocycles. The highest BCUT2D eigenvalue weighted by Crippen LogP contribution is 2.44. The quantitative estimate of drug-likeness (QED) is 0.165. The van der Waals surface area contributed by atoms with Crippen molar-refractivity contribution in [3.8, 4) is 33.4 Å². The molecule has 0 bridgehead atoms. The second-order valence-electron chi connectivity index (χ2n) is 11.4. The van der Waals surface area contributed by atoms with E-state index in [0.29, 0.717) is 0 Å². The van der Waals surface area contributed by atoms with Crippen LogP contribution in [-0.2, 0) is 9.31 Å². The highest BCUT2D eigenvalue weighted by Gasteiger charge is 2.57. The van der Waals surface area contributed by atoms with Gasteiger partial charge < -0.3 is 9.31 Å². The lowest BCUT2D eigenvalue weighted by Crippen LogP contribution is -2.42. The summed E-state index contributed by atoms with van der Waals surface area (Å²) < 4.78 is 15.4. The van der Waals surface area contributed by atoms with E-state index in [1.54, 1.807) is 0 Å². The Bertz CT molecular complexity index is 1840. The average molecular weight is 538 g/mol. The van der Waals surface area contributed by atoms with E-state index in [1.165, 1.54) is 36.9 Å². The average Bonchev–Trinajstić information content (AvgIpc) is 3.46. The van der Waals surface area contributed by atoms with Gasteiger partial charge in [-0.15, -0.1) is 11.3 Å². The van der Waals surface area contributed by atoms with Crippen LogP contribution in [0.5, 0.6) is 0 Å². The summed E-state index contributed by atoms with van der Waals surface area (Å²) in [6.07, 6.45) is 0. The topological polar surface area (TPSA) is 18.5 Å². The Morgan fingerprint density at radius 3 is 1.70 bits per heavy atom. The van der Waals surface area contributed by atoms with Crippen molar-refractivity contribution in [2.75, 3.05) is 0 Å². The van der Waals surface area contributed by atoms with Gasteiger partial charge in [-0.2, -0.15) is 0 Å². The second kappa shape index (κ2) is 9.38. The van der Waals surface area contributed by atoms with Crippen LogP contribution in [-0.4, -0.2) is 18.3 Å². The van der Waals surface area contributed by atoms with Crippen LogP contribution in [0.15, 0.2) is 115 Å². The van der Waals surface area contributed by atoms with Crippen molar-refractivity contribution in [3.05, 3.63) is 122 Å². The van der Waals surface area contributed by atoms with Gasteiger partial charge in [0.1, 0.15) is 5.60 Å². The highest BCUT2D eigenvalue weighted by atomic mass is 32.1. The van der Waals surface area contributed by atoms with Crippen molar-refractivity contribution >= 4 is 44.1 Å². The molecular formula is C36H30BO2S+. The molecule has 0 spiro atoms. The lowest BCUT2D eigenvalue weighted by atomic mass is 9.76. The first-order chi connectivity index (χ1) is 19.3. The second-order valence-corrected chi connectivity index (χ2v) is 12.4. The first kappa shape index (κ1) is 25.2. The molecular weight excluding hydrogens is 507 g/mol. The Hall–Kier alpha value is -3.83. The van der Waals surface area contributed by atoms with Crippen molar-refractivity contribution in [1.29, 1.82) is 0 Å². The van der Waals surface area contributed by atoms with Crippen LogP contribution in [0.2, 0.25) is 0 Å². The zero-order valence-corrected chi connectivity index (χ0v) is 23.8. The lowest BCUT2D eigenvalue weighted by molar-refractivity contribution is 0.0262. The number of fused-ring (bicyclic) bond motifs is 3. The van der Waals surface area contributed by atoms with Gasteiger partial charge in [0.05, 0.1) is 6.92 Å². The molecule has 1 unspecified atom stereocenters. The minimum Gasteiger partial charge on any atom is -0.395 e. The van der Waals surface area contributed by atoms with E-state index in [2.05, 4.69) is 122 Å². The minimum absolute atomic E-state index is 0.494. The lowest BCUT2D eigenvalue weighted by Gasteiger charge is -2.25. The molecule has 1 aliphatic heterocycles. The van der Waals surface area contributed by atoms with Crippen molar-refractivity contribution in [1.82, 2.24) is 0 Å². The summed E-state index contributed by atoms with van der Waals surface area (Å²) in [4.78, 5) is 0. The maximum absolute atomic E-state index is 6.45. The summed E-state index contributed by atoms with van der Waals surface area (Å²) in [6.45, 7) is 10.4. The number of hydrogen-bond donors (Lipinski definition) is 0. The van der Waals surface area contributed by atoms with Crippen molar-refractivity contribution in [2.45, 2.75) is 32.0 Å². The van der Waals surface area contributed by atoms with Gasteiger partial charge in [-0.3, -0.25) is 0 Å². The van der Waals surface area contributed by atoms with Gasteiger partial charge in [0, 0.05) is 27.1 Å². The molecule has 1 fully saturated rings. The van der Waals surface area contributed by atoms with Gasteiger partial charge in [0.25, 0.3) is 0 Å². The summed E-state index contributed by atoms with van der Waals surface area (Å²) >= 11 is 1.87. The Morgan fingerprint density at radius 1 is 0.575 bits per heavy atom. The molecule has 1 aliphatic rings. The molecule has 0 N–H and O–H groups in total. The number of thiophene rings is 1. The monoisotopic (exact) mass is 537 g/mol. The maximum Gasteiger partial charge on any atom is 0.498 e. The van der Waals surface area contributed by atoms with Crippen LogP contribution in [0, 0.1) is 6.92 Å². The van der Waals surface area contributed by atoms with E-state index in [4.69, 9.17) is 9.31 Å². The fraction of sp³-hybridized carbons (Fsp3) is 0.139. The Kier molecular flexibility index (Phi) is 5.90. The van der Waals surface area contributed by atoms with Gasteiger partial charge in [0.2, 0.25) is 5.60 Å². The molecule has 7 rings (SSSR count). The largest absolute Gasteiger partial charge is 0.498 e. The minimum atomic E-state index is -0.653. The molecule has 2 heterocycles. The van der Waals surface area contributed by atoms with Crippen molar-refractivity contribution in [3.63, 3.8) is 0 Å². The fourth-order valence-electron chi connectivity index (χ4n) is 5.56. The molecule has 0 saturated carbocycles. The molecule has 1 aromatic heterocycles. The maximum atomic E-state index is 6.45. The third-order valence-electron chi connectivity index (χ3n) is 8.30. The third kappa shape index (κ3) is 4.15. The number of hydrogen-bond acceptors (Lipinski definition) is 3. The molecule has 194 valence electrons. The van der Waals surface area contributed by atoms with Crippen molar-refractivity contribution in [2.24, 2.45) is 0 Å². The smallest absolute Gasteiger partial charge is 0.395 e. The van der Waals surface area contributed by atoms with Crippen LogP contribution < -0.4 is 5.46 Å². The Labute approximate surface area is 240 Å². The van der Waals surface area contributed by atoms with Crippen LogP contribution in [0.4, 0.5) is 0 Å². The first-order valence-electron chi connectivity index (χ1n) is 13.7. The summed E-state index contributed by atoms with van der Waals surface area (Å²) in [5.74, 6) is 0. The molecule has 0 amide bonds. The molecule has 1 saturated heterocycles. The molecule has 0 aliphatic carbocycles. The number of rotatable bonds is 4. The Balaban J connectivity index is 1.44. The van der Waals surface area contributed by atoms with Crippen molar-refractivity contribution < 1.29 is 9.31 Å². The zero-order valence-electron chi connectivity index (χ0n) is 23.0. The zero-order chi connectivity index (χ0) is 27.5. The van der Waals surface area contributed by atoms with Crippen LogP contribution in [0.25, 0.3) is 53.6 Å². The first-order valence-corrected chi connectivity index (χ1v) is 14.5. The molecule has 0 radical (unpaired) electrons. The van der Waals surface area contributed by atoms with Gasteiger partial charge in [-0.25, -0.2) is 0 Å². The summed E-state index contributed by atoms with van der Waals surface area (Å²) in [6, 6.07) is 41.2. The summed E-state index contributed by atoms with van der Waals surface area (Å²) in [5, 5.41) is 2.57. The summed E-state index contributed by atoms with van der Waals surface area (Å²) in [5.41, 5.74) is 7.01. The SMILES string of the molecule is [CH2+]C1(C)OB(c2cc(-c3ccccc3)cc(-c3cccc4c3sc3c(-c5ccccc5)cccc34)c2)OC1(C)C. The molecule has 4 heteroatoms. The number of benzene rings is 5. The predicted molar refractivity (Wildman–Crippen MR) is 171 cm³/mol. The predicted octanol–water partition coefficient (Wildman–Crippen LogP) is 9.17. The normalized spacial score (nSPS) is 18.5. The fourth-order valence-corrected chi connectivity index (χ4v) is 6.94. The van der Waals surface area contributed by atoms with E-state index < -0.39 is 18.3 Å². The molecule has 40 heavy (non-hydrogen) atoms. The molecule has 1 atom stereocenters. The van der Waals surface area contributed by atoms with Gasteiger partial charge >= 0.3 is 7.12 Å². The summed E-state index contributed by atoms with van der Waals surface area (Å²) in [7, 11) is -0.494. The molecule has 6 aromatic rings. The van der Waals surface area contributed by atoms with Crippen LogP contribution in [0.3, 0.4) is 0 Å². The van der Waals surface area contributed by atoms with E-state index >= 15 is 0 Å². The van der Waals surface area contributed by atoms with Gasteiger partial charge in [-0.05, 0) is 58.8 Å². The van der Waals surface area contributed by atoms with Gasteiger partial charge in [-0.1, -0.05) is 109 Å². The van der Waals surface area contributed by atoms with E-state index in [0.717, 1.165) is 22.2 Å². The van der Waals surface area contributed by atoms with Crippen LogP contribution in [0.1, 0.15) is 20.8 Å². The van der Waals surface area contributed by atoms with E-state index in [1.807, 2.05) is 32.1 Å². The van der Waals surface area contributed by atoms with Gasteiger partial charge in [0.15, 0.2) is 0 Å². The molecule has 2 nitrogen and oxygen atoms in total. The van der Waals surface area contributed by atoms with E-state index in [9.17, 15) is 0 Å². The van der Waals surface area contributed by atoms with Crippen LogP contribution >= 0.6 is 11.3 Å². The van der Waals surface area contributed by atoms with E-state index in [-0.39, 0.29) is 0 Å². The standard InChI is InChI=1S/C36H30BO2S/c1-35(2)36(3,4)39-37(38-35)28-22-26(24-13-7-5-8-14-24)21-27(23-28)30-18-12-20-32-31-19-11-17-29(33(31)40-34(30)32)25-15-9-6-10-16-25/h5-23H,1H2,2-4H3/q+1. The highest BCUT2D eigenvalue weighted by molar-refractivity contribution is 7.26. The third-order valence-corrected chi connectivity index (χ3v) is 9.59.